The van der Waals surface area contributed by atoms with Crippen LogP contribution in [0.2, 0.25) is 0 Å². The molecule has 38 heavy (non-hydrogen) atoms. The summed E-state index contributed by atoms with van der Waals surface area (Å²) in [4.78, 5) is 39.8. The summed E-state index contributed by atoms with van der Waals surface area (Å²) in [5.41, 5.74) is -0.649. The largest absolute Gasteiger partial charge is 0.465 e. The average molecular weight is 534 g/mol. The second-order valence-corrected chi connectivity index (χ2v) is 8.81. The fourth-order valence-corrected chi connectivity index (χ4v) is 3.67. The summed E-state index contributed by atoms with van der Waals surface area (Å²) in [7, 11) is 6.48. The highest BCUT2D eigenvalue weighted by Crippen LogP contribution is 2.41. The van der Waals surface area contributed by atoms with Crippen molar-refractivity contribution in [3.63, 3.8) is 0 Å². The van der Waals surface area contributed by atoms with Crippen LogP contribution in [0.4, 0.5) is 35.0 Å². The third-order valence-corrected chi connectivity index (χ3v) is 5.27. The smallest absolute Gasteiger partial charge is 0.418 e. The Morgan fingerprint density at radius 2 is 1.71 bits per heavy atom. The molecule has 2 amide bonds. The Morgan fingerprint density at radius 1 is 1.03 bits per heavy atom. The highest BCUT2D eigenvalue weighted by Gasteiger charge is 2.35. The van der Waals surface area contributed by atoms with Gasteiger partial charge in [-0.2, -0.15) is 13.2 Å². The molecule has 0 saturated heterocycles. The second kappa shape index (κ2) is 11.3. The zero-order valence-electron chi connectivity index (χ0n) is 21.0. The van der Waals surface area contributed by atoms with E-state index in [1.807, 2.05) is 24.3 Å². The highest BCUT2D eigenvalue weighted by molar-refractivity contribution is 6.12. The molecule has 0 fully saturated rings. The van der Waals surface area contributed by atoms with Crippen LogP contribution in [0.1, 0.15) is 28.0 Å². The SMILES string of the molecule is CN(C)Cc1cnnn1-c1cccc(C(=O)CC(=O)Nc2cc(C(F)(F)F)c(N(C)C)cc2NC(=O)O)c1. The molecule has 3 aromatic rings. The molecule has 0 spiro atoms. The van der Waals surface area contributed by atoms with Gasteiger partial charge in [0.1, 0.15) is 0 Å². The van der Waals surface area contributed by atoms with E-state index >= 15 is 0 Å². The van der Waals surface area contributed by atoms with Crippen molar-refractivity contribution in [2.45, 2.75) is 19.1 Å². The van der Waals surface area contributed by atoms with E-state index in [2.05, 4.69) is 15.6 Å². The standard InChI is InChI=1S/C24H26F3N7O4/c1-32(2)13-16-12-28-31-34(16)15-7-5-6-14(8-15)21(35)11-22(36)29-18-9-17(24(25,26)27)20(33(3)4)10-19(18)30-23(37)38/h5-10,12,30H,11,13H2,1-4H3,(H,29,36)(H,37,38). The number of carbonyl (C=O) groups is 3. The molecule has 11 nitrogen and oxygen atoms in total. The van der Waals surface area contributed by atoms with Crippen LogP contribution in [0.3, 0.4) is 0 Å². The number of amides is 2. The van der Waals surface area contributed by atoms with Crippen molar-refractivity contribution in [3.8, 4) is 5.69 Å². The Hall–Kier alpha value is -4.46. The van der Waals surface area contributed by atoms with Crippen molar-refractivity contribution in [2.24, 2.45) is 0 Å². The summed E-state index contributed by atoms with van der Waals surface area (Å²) in [5, 5.41) is 21.3. The summed E-state index contributed by atoms with van der Waals surface area (Å²) in [6, 6.07) is 7.91. The lowest BCUT2D eigenvalue weighted by Gasteiger charge is -2.22. The van der Waals surface area contributed by atoms with Crippen molar-refractivity contribution in [2.75, 3.05) is 43.7 Å². The van der Waals surface area contributed by atoms with Crippen LogP contribution >= 0.6 is 0 Å². The molecule has 0 aliphatic rings. The predicted molar refractivity (Wildman–Crippen MR) is 134 cm³/mol. The van der Waals surface area contributed by atoms with E-state index in [0.717, 1.165) is 16.7 Å². The number of ketones is 1. The predicted octanol–water partition coefficient (Wildman–Crippen LogP) is 3.72. The highest BCUT2D eigenvalue weighted by atomic mass is 19.4. The zero-order valence-corrected chi connectivity index (χ0v) is 21.0. The summed E-state index contributed by atoms with van der Waals surface area (Å²) in [6.07, 6.45) is -5.44. The van der Waals surface area contributed by atoms with Crippen LogP contribution < -0.4 is 15.5 Å². The van der Waals surface area contributed by atoms with Gasteiger partial charge in [0.25, 0.3) is 0 Å². The molecule has 1 aromatic heterocycles. The van der Waals surface area contributed by atoms with E-state index in [9.17, 15) is 27.6 Å². The molecular weight excluding hydrogens is 507 g/mol. The third-order valence-electron chi connectivity index (χ3n) is 5.27. The molecule has 0 saturated carbocycles. The van der Waals surface area contributed by atoms with Crippen LogP contribution in [0.15, 0.2) is 42.6 Å². The molecule has 202 valence electrons. The van der Waals surface area contributed by atoms with Gasteiger partial charge in [-0.3, -0.25) is 14.9 Å². The van der Waals surface area contributed by atoms with Crippen molar-refractivity contribution in [1.82, 2.24) is 19.9 Å². The molecule has 3 rings (SSSR count). The molecule has 0 aliphatic carbocycles. The normalized spacial score (nSPS) is 11.4. The van der Waals surface area contributed by atoms with Crippen molar-refractivity contribution in [1.29, 1.82) is 0 Å². The molecule has 1 heterocycles. The third kappa shape index (κ3) is 6.85. The van der Waals surface area contributed by atoms with Crippen molar-refractivity contribution < 1.29 is 32.7 Å². The molecule has 0 radical (unpaired) electrons. The summed E-state index contributed by atoms with van der Waals surface area (Å²) < 4.78 is 42.5. The maximum Gasteiger partial charge on any atom is 0.418 e. The van der Waals surface area contributed by atoms with Crippen LogP contribution in [0.25, 0.3) is 5.69 Å². The Balaban J connectivity index is 1.85. The van der Waals surface area contributed by atoms with E-state index < -0.39 is 41.6 Å². The Labute approximate surface area is 215 Å². The number of benzene rings is 2. The minimum absolute atomic E-state index is 0.173. The number of alkyl halides is 3. The van der Waals surface area contributed by atoms with Crippen LogP contribution in [-0.2, 0) is 17.5 Å². The molecule has 0 unspecified atom stereocenters. The number of halogens is 3. The lowest BCUT2D eigenvalue weighted by atomic mass is 10.1. The Kier molecular flexibility index (Phi) is 8.36. The van der Waals surface area contributed by atoms with Gasteiger partial charge in [0.2, 0.25) is 5.91 Å². The first-order valence-electron chi connectivity index (χ1n) is 11.2. The lowest BCUT2D eigenvalue weighted by Crippen LogP contribution is -2.22. The minimum Gasteiger partial charge on any atom is -0.465 e. The maximum atomic E-state index is 13.7. The molecule has 0 atom stereocenters. The van der Waals surface area contributed by atoms with Crippen molar-refractivity contribution >= 4 is 34.8 Å². The fourth-order valence-electron chi connectivity index (χ4n) is 3.67. The molecular formula is C24H26F3N7O4. The van der Waals surface area contributed by atoms with Gasteiger partial charge in [0, 0.05) is 26.2 Å². The average Bonchev–Trinajstić information content (AvgIpc) is 3.26. The number of hydrogen-bond acceptors (Lipinski definition) is 7. The van der Waals surface area contributed by atoms with Gasteiger partial charge in [-0.1, -0.05) is 17.3 Å². The number of hydrogen-bond donors (Lipinski definition) is 3. The number of carboxylic acid groups (broad SMARTS) is 1. The first-order valence-corrected chi connectivity index (χ1v) is 11.2. The van der Waals surface area contributed by atoms with E-state index in [4.69, 9.17) is 5.11 Å². The fraction of sp³-hybridized carbons (Fsp3) is 0.292. The van der Waals surface area contributed by atoms with Gasteiger partial charge in [-0.15, -0.1) is 5.10 Å². The number of carbonyl (C=O) groups excluding carboxylic acids is 2. The van der Waals surface area contributed by atoms with Crippen LogP contribution in [0.5, 0.6) is 0 Å². The van der Waals surface area contributed by atoms with Gasteiger partial charge in [0.05, 0.1) is 46.6 Å². The lowest BCUT2D eigenvalue weighted by molar-refractivity contribution is -0.137. The monoisotopic (exact) mass is 533 g/mol. The number of nitrogens with one attached hydrogen (secondary N) is 2. The topological polar surface area (TPSA) is 133 Å². The number of nitrogens with zero attached hydrogens (tertiary/aromatic N) is 5. The number of rotatable bonds is 9. The van der Waals surface area contributed by atoms with E-state index in [-0.39, 0.29) is 16.9 Å². The van der Waals surface area contributed by atoms with Gasteiger partial charge in [0.15, 0.2) is 5.78 Å². The van der Waals surface area contributed by atoms with Gasteiger partial charge in [-0.25, -0.2) is 9.48 Å². The number of anilines is 3. The molecule has 0 aliphatic heterocycles. The zero-order chi connectivity index (χ0) is 28.2. The first kappa shape index (κ1) is 28.1. The Morgan fingerprint density at radius 3 is 2.32 bits per heavy atom. The maximum absolute atomic E-state index is 13.7. The summed E-state index contributed by atoms with van der Waals surface area (Å²) in [5.74, 6) is -1.53. The van der Waals surface area contributed by atoms with E-state index in [1.54, 1.807) is 23.0 Å². The van der Waals surface area contributed by atoms with Crippen molar-refractivity contribution in [3.05, 3.63) is 59.4 Å². The van der Waals surface area contributed by atoms with Crippen LogP contribution in [0, 0.1) is 0 Å². The van der Waals surface area contributed by atoms with Crippen LogP contribution in [-0.4, -0.2) is 71.0 Å². The minimum atomic E-state index is -4.79. The number of aromatic nitrogens is 3. The molecule has 2 aromatic carbocycles. The quantitative estimate of drug-likeness (QED) is 0.280. The summed E-state index contributed by atoms with van der Waals surface area (Å²) >= 11 is 0. The molecule has 0 bridgehead atoms. The summed E-state index contributed by atoms with van der Waals surface area (Å²) in [6.45, 7) is 0.535. The van der Waals surface area contributed by atoms with E-state index in [1.165, 1.54) is 26.2 Å². The van der Waals surface area contributed by atoms with Gasteiger partial charge >= 0.3 is 12.3 Å². The number of Topliss-reactive ketones (excluding diaryl/α,β-unsaturated/α-hetero) is 1. The first-order chi connectivity index (χ1) is 17.8. The van der Waals surface area contributed by atoms with Gasteiger partial charge in [-0.05, 0) is 38.4 Å². The van der Waals surface area contributed by atoms with E-state index in [0.29, 0.717) is 18.3 Å². The van der Waals surface area contributed by atoms with Gasteiger partial charge < -0.3 is 20.2 Å². The molecule has 14 heteroatoms. The molecule has 3 N–H and O–H groups in total. The Bertz CT molecular complexity index is 1350. The second-order valence-electron chi connectivity index (χ2n) is 8.81.